The monoisotopic (exact) mass is 369 g/mol. The van der Waals surface area contributed by atoms with Gasteiger partial charge in [-0.25, -0.2) is 9.79 Å². The van der Waals surface area contributed by atoms with E-state index >= 15 is 0 Å². The third kappa shape index (κ3) is 2.55. The Morgan fingerprint density at radius 3 is 2.56 bits per heavy atom. The Labute approximate surface area is 158 Å². The molecule has 3 aliphatic rings. The highest BCUT2D eigenvalue weighted by Gasteiger charge is 2.54. The van der Waals surface area contributed by atoms with Gasteiger partial charge in [-0.05, 0) is 37.6 Å². The van der Waals surface area contributed by atoms with Gasteiger partial charge >= 0.3 is 6.03 Å². The van der Waals surface area contributed by atoms with Crippen molar-refractivity contribution in [2.45, 2.75) is 38.9 Å². The number of carbonyl (C=O) groups is 2. The fraction of sp³-hybridized carbons (Fsp3) is 0.421. The molecule has 0 bridgehead atoms. The average Bonchev–Trinajstić information content (AvgIpc) is 3.15. The van der Waals surface area contributed by atoms with Crippen LogP contribution >= 0.6 is 0 Å². The summed E-state index contributed by atoms with van der Waals surface area (Å²) in [6.45, 7) is 4.40. The number of imide groups is 1. The zero-order valence-corrected chi connectivity index (χ0v) is 15.7. The molecule has 2 atom stereocenters. The van der Waals surface area contributed by atoms with E-state index in [1.807, 2.05) is 29.8 Å². The quantitative estimate of drug-likeness (QED) is 0.880. The number of hydrogen-bond donors (Lipinski definition) is 1. The maximum absolute atomic E-state index is 13.1. The second-order valence-electron chi connectivity index (χ2n) is 7.05. The first-order valence-electron chi connectivity index (χ1n) is 9.16. The van der Waals surface area contributed by atoms with Crippen LogP contribution in [0.2, 0.25) is 0 Å². The van der Waals surface area contributed by atoms with E-state index < -0.39 is 12.2 Å². The number of nitrogens with zero attached hydrogens (tertiary/aromatic N) is 5. The van der Waals surface area contributed by atoms with Crippen molar-refractivity contribution in [3.05, 3.63) is 36.2 Å². The van der Waals surface area contributed by atoms with E-state index in [0.717, 1.165) is 24.2 Å². The molecule has 0 spiro atoms. The molecular formula is C19H23N5O3. The maximum Gasteiger partial charge on any atom is 0.328 e. The molecule has 1 N–H and O–H groups in total. The van der Waals surface area contributed by atoms with Crippen LogP contribution in [0.3, 0.4) is 0 Å². The molecule has 0 radical (unpaired) electrons. The Hall–Kier alpha value is -3.03. The number of aromatic hydroxyl groups is 1. The summed E-state index contributed by atoms with van der Waals surface area (Å²) < 4.78 is 0. The van der Waals surface area contributed by atoms with Crippen molar-refractivity contribution >= 4 is 23.6 Å². The van der Waals surface area contributed by atoms with E-state index in [9.17, 15) is 14.7 Å². The second-order valence-corrected chi connectivity index (χ2v) is 7.05. The van der Waals surface area contributed by atoms with Crippen LogP contribution in [0.15, 0.2) is 41.2 Å². The van der Waals surface area contributed by atoms with Crippen molar-refractivity contribution in [1.29, 1.82) is 0 Å². The van der Waals surface area contributed by atoms with Crippen LogP contribution < -0.4 is 4.90 Å². The number of hydrogen-bond acceptors (Lipinski definition) is 6. The van der Waals surface area contributed by atoms with Crippen LogP contribution in [0, 0.1) is 0 Å². The zero-order chi connectivity index (χ0) is 19.3. The Balaban J connectivity index is 1.68. The summed E-state index contributed by atoms with van der Waals surface area (Å²) in [5.41, 5.74) is 1.76. The van der Waals surface area contributed by atoms with E-state index in [4.69, 9.17) is 4.99 Å². The van der Waals surface area contributed by atoms with Gasteiger partial charge in [0.25, 0.3) is 5.91 Å². The average molecular weight is 369 g/mol. The van der Waals surface area contributed by atoms with Crippen molar-refractivity contribution < 1.29 is 14.7 Å². The topological polar surface area (TPSA) is 79.7 Å². The maximum atomic E-state index is 13.1. The van der Waals surface area contributed by atoms with Gasteiger partial charge in [0.2, 0.25) is 5.96 Å². The number of benzene rings is 1. The third-order valence-corrected chi connectivity index (χ3v) is 5.23. The molecule has 1 aromatic rings. The SMILES string of the molecule is CCCCN1C(=O)C2C(N=C3N(c4ccc(O)cc4)C(C)=CN32)N(C)C1=O. The smallest absolute Gasteiger partial charge is 0.328 e. The van der Waals surface area contributed by atoms with Gasteiger partial charge in [-0.1, -0.05) is 13.3 Å². The summed E-state index contributed by atoms with van der Waals surface area (Å²) >= 11 is 0. The van der Waals surface area contributed by atoms with Gasteiger partial charge in [-0.15, -0.1) is 0 Å². The Morgan fingerprint density at radius 1 is 1.19 bits per heavy atom. The van der Waals surface area contributed by atoms with Crippen molar-refractivity contribution in [1.82, 2.24) is 14.7 Å². The number of carbonyl (C=O) groups excluding carboxylic acids is 2. The van der Waals surface area contributed by atoms with Crippen molar-refractivity contribution in [2.75, 3.05) is 18.5 Å². The molecule has 1 fully saturated rings. The van der Waals surface area contributed by atoms with Crippen LogP contribution in [0.25, 0.3) is 0 Å². The minimum atomic E-state index is -0.545. The first-order chi connectivity index (χ1) is 12.9. The van der Waals surface area contributed by atoms with Gasteiger partial charge in [0.1, 0.15) is 5.75 Å². The molecule has 0 aromatic heterocycles. The van der Waals surface area contributed by atoms with Gasteiger partial charge in [-0.3, -0.25) is 14.6 Å². The summed E-state index contributed by atoms with van der Waals surface area (Å²) in [5.74, 6) is 0.607. The summed E-state index contributed by atoms with van der Waals surface area (Å²) in [5, 5.41) is 9.55. The number of aliphatic imine (C=N–C) groups is 1. The molecule has 1 aromatic carbocycles. The number of phenols is 1. The number of amides is 3. The minimum absolute atomic E-state index is 0.186. The third-order valence-electron chi connectivity index (χ3n) is 5.23. The fourth-order valence-corrected chi connectivity index (χ4v) is 3.80. The zero-order valence-electron chi connectivity index (χ0n) is 15.7. The summed E-state index contributed by atoms with van der Waals surface area (Å²) in [6.07, 6.45) is 3.05. The highest BCUT2D eigenvalue weighted by atomic mass is 16.3. The molecule has 0 aliphatic carbocycles. The molecule has 8 nitrogen and oxygen atoms in total. The molecule has 3 aliphatic heterocycles. The van der Waals surface area contributed by atoms with Crippen molar-refractivity contribution in [3.8, 4) is 5.75 Å². The number of phenolic OH excluding ortho intramolecular Hbond substituents is 1. The Morgan fingerprint density at radius 2 is 1.89 bits per heavy atom. The van der Waals surface area contributed by atoms with Crippen LogP contribution in [-0.2, 0) is 4.79 Å². The lowest BCUT2D eigenvalue weighted by Gasteiger charge is -2.40. The van der Waals surface area contributed by atoms with E-state index in [0.29, 0.717) is 12.5 Å². The minimum Gasteiger partial charge on any atom is -0.508 e. The second kappa shape index (κ2) is 6.29. The van der Waals surface area contributed by atoms with Gasteiger partial charge in [0, 0.05) is 31.2 Å². The molecule has 27 heavy (non-hydrogen) atoms. The van der Waals surface area contributed by atoms with E-state index in [-0.39, 0.29) is 17.7 Å². The number of guanidine groups is 1. The lowest BCUT2D eigenvalue weighted by Crippen LogP contribution is -2.64. The molecule has 2 unspecified atom stereocenters. The first-order valence-corrected chi connectivity index (χ1v) is 9.16. The van der Waals surface area contributed by atoms with E-state index in [1.165, 1.54) is 4.90 Å². The van der Waals surface area contributed by atoms with Crippen LogP contribution in [0.5, 0.6) is 5.75 Å². The molecule has 3 heterocycles. The highest BCUT2D eigenvalue weighted by Crippen LogP contribution is 2.36. The summed E-state index contributed by atoms with van der Waals surface area (Å²) in [4.78, 5) is 37.1. The van der Waals surface area contributed by atoms with E-state index in [1.54, 1.807) is 36.2 Å². The Kier molecular flexibility index (Phi) is 4.05. The molecule has 4 rings (SSSR count). The Bertz CT molecular complexity index is 847. The van der Waals surface area contributed by atoms with Gasteiger partial charge in [0.15, 0.2) is 12.2 Å². The predicted molar refractivity (Wildman–Crippen MR) is 101 cm³/mol. The number of allylic oxidation sites excluding steroid dienone is 1. The lowest BCUT2D eigenvalue weighted by molar-refractivity contribution is -0.136. The van der Waals surface area contributed by atoms with Crippen LogP contribution in [0.1, 0.15) is 26.7 Å². The van der Waals surface area contributed by atoms with Gasteiger partial charge < -0.3 is 14.9 Å². The number of fused-ring (bicyclic) bond motifs is 3. The molecule has 1 saturated heterocycles. The molecule has 3 amide bonds. The number of likely N-dealkylation sites (N-methyl/N-ethyl adjacent to an activating group) is 1. The highest BCUT2D eigenvalue weighted by molar-refractivity contribution is 6.09. The van der Waals surface area contributed by atoms with Gasteiger partial charge in [-0.2, -0.15) is 0 Å². The predicted octanol–water partition coefficient (Wildman–Crippen LogP) is 2.13. The molecular weight excluding hydrogens is 346 g/mol. The van der Waals surface area contributed by atoms with E-state index in [2.05, 4.69) is 0 Å². The molecule has 0 saturated carbocycles. The van der Waals surface area contributed by atoms with Gasteiger partial charge in [0.05, 0.1) is 0 Å². The normalized spacial score (nSPS) is 24.3. The molecule has 142 valence electrons. The molecule has 8 heteroatoms. The van der Waals surface area contributed by atoms with Crippen LogP contribution in [0.4, 0.5) is 10.5 Å². The number of unbranched alkanes of at least 4 members (excludes halogenated alkanes) is 1. The lowest BCUT2D eigenvalue weighted by atomic mass is 10.1. The standard InChI is InChI=1S/C19H23N5O3/c1-4-5-10-22-17(26)15-16(21(3)19(22)27)20-18-23(15)11-12(2)24(18)13-6-8-14(25)9-7-13/h6-9,11,15-16,25H,4-5,10H2,1-3H3. The summed E-state index contributed by atoms with van der Waals surface area (Å²) in [7, 11) is 1.69. The largest absolute Gasteiger partial charge is 0.508 e. The first kappa shape index (κ1) is 17.4. The fourth-order valence-electron chi connectivity index (χ4n) is 3.80. The van der Waals surface area contributed by atoms with Crippen LogP contribution in [-0.4, -0.2) is 63.5 Å². The van der Waals surface area contributed by atoms with Crippen molar-refractivity contribution in [2.24, 2.45) is 4.99 Å². The number of anilines is 1. The number of urea groups is 1. The summed E-state index contributed by atoms with van der Waals surface area (Å²) in [6, 6.07) is 5.98. The number of rotatable bonds is 4. The van der Waals surface area contributed by atoms with Crippen molar-refractivity contribution in [3.63, 3.8) is 0 Å².